The Morgan fingerprint density at radius 2 is 1.95 bits per heavy atom. The molecule has 4 aliphatic rings. The number of hydrogen-bond donors (Lipinski definition) is 1. The van der Waals surface area contributed by atoms with Crippen molar-refractivity contribution in [1.82, 2.24) is 15.1 Å². The van der Waals surface area contributed by atoms with Gasteiger partial charge in [-0.3, -0.25) is 4.79 Å². The normalized spacial score (nSPS) is 38.0. The first-order valence-corrected chi connectivity index (χ1v) is 8.33. The van der Waals surface area contributed by atoms with E-state index in [1.54, 1.807) is 0 Å². The quantitative estimate of drug-likeness (QED) is 0.815. The fraction of sp³-hybridized carbons (Fsp3) is 0.938. The minimum atomic E-state index is -0.0663. The summed E-state index contributed by atoms with van der Waals surface area (Å²) in [5.41, 5.74) is 0.193. The van der Waals surface area contributed by atoms with Gasteiger partial charge in [0.05, 0.1) is 5.41 Å². The summed E-state index contributed by atoms with van der Waals surface area (Å²) >= 11 is 0. The number of carbonyl (C=O) groups excluding carboxylic acids is 1. The fourth-order valence-corrected chi connectivity index (χ4v) is 4.99. The Morgan fingerprint density at radius 3 is 2.55 bits per heavy atom. The van der Waals surface area contributed by atoms with E-state index in [4.69, 9.17) is 0 Å². The van der Waals surface area contributed by atoms with Gasteiger partial charge in [-0.25, -0.2) is 0 Å². The molecular weight excluding hydrogens is 250 g/mol. The number of carbonyl (C=O) groups is 1. The molecule has 4 rings (SSSR count). The van der Waals surface area contributed by atoms with Gasteiger partial charge in [0.2, 0.25) is 5.91 Å². The number of nitrogens with zero attached hydrogens (tertiary/aromatic N) is 2. The molecular formula is C16H27N3O. The van der Waals surface area contributed by atoms with Crippen molar-refractivity contribution in [2.75, 3.05) is 46.3 Å². The lowest BCUT2D eigenvalue weighted by Crippen LogP contribution is -2.51. The average Bonchev–Trinajstić information content (AvgIpc) is 3.08. The minimum Gasteiger partial charge on any atom is -0.356 e. The number of piperidine rings is 1. The molecule has 4 heteroatoms. The van der Waals surface area contributed by atoms with Crippen molar-refractivity contribution in [2.24, 2.45) is 16.7 Å². The molecule has 4 nitrogen and oxygen atoms in total. The summed E-state index contributed by atoms with van der Waals surface area (Å²) in [7, 11) is 2.21. The van der Waals surface area contributed by atoms with E-state index in [9.17, 15) is 4.79 Å². The first kappa shape index (κ1) is 13.1. The molecule has 1 aliphatic carbocycles. The summed E-state index contributed by atoms with van der Waals surface area (Å²) in [6.45, 7) is 6.66. The Morgan fingerprint density at radius 1 is 1.20 bits per heavy atom. The lowest BCUT2D eigenvalue weighted by atomic mass is 9.60. The lowest BCUT2D eigenvalue weighted by molar-refractivity contribution is -0.134. The zero-order valence-electron chi connectivity index (χ0n) is 12.7. The molecule has 3 aliphatic heterocycles. The van der Waals surface area contributed by atoms with E-state index in [1.807, 2.05) is 0 Å². The molecule has 3 saturated heterocycles. The van der Waals surface area contributed by atoms with Crippen LogP contribution in [-0.4, -0.2) is 62.0 Å². The topological polar surface area (TPSA) is 35.6 Å². The van der Waals surface area contributed by atoms with E-state index in [0.717, 1.165) is 38.5 Å². The second-order valence-corrected chi connectivity index (χ2v) is 7.78. The molecule has 0 bridgehead atoms. The van der Waals surface area contributed by atoms with E-state index in [0.29, 0.717) is 5.91 Å². The molecule has 0 aromatic heterocycles. The van der Waals surface area contributed by atoms with Gasteiger partial charge in [0, 0.05) is 31.6 Å². The van der Waals surface area contributed by atoms with Crippen LogP contribution in [0.1, 0.15) is 32.1 Å². The Balaban J connectivity index is 1.61. The highest BCUT2D eigenvalue weighted by Crippen LogP contribution is 2.56. The molecule has 2 spiro atoms. The van der Waals surface area contributed by atoms with Crippen molar-refractivity contribution in [3.8, 4) is 0 Å². The lowest BCUT2D eigenvalue weighted by Gasteiger charge is -2.46. The highest BCUT2D eigenvalue weighted by Gasteiger charge is 2.63. The van der Waals surface area contributed by atoms with Crippen molar-refractivity contribution in [2.45, 2.75) is 32.1 Å². The molecule has 0 aromatic rings. The smallest absolute Gasteiger partial charge is 0.228 e. The van der Waals surface area contributed by atoms with Crippen molar-refractivity contribution in [3.05, 3.63) is 0 Å². The monoisotopic (exact) mass is 277 g/mol. The van der Waals surface area contributed by atoms with Gasteiger partial charge >= 0.3 is 0 Å². The van der Waals surface area contributed by atoms with Gasteiger partial charge in [-0.2, -0.15) is 0 Å². The van der Waals surface area contributed by atoms with E-state index in [2.05, 4.69) is 22.2 Å². The van der Waals surface area contributed by atoms with Crippen molar-refractivity contribution < 1.29 is 4.79 Å². The molecule has 20 heavy (non-hydrogen) atoms. The van der Waals surface area contributed by atoms with Gasteiger partial charge in [-0.1, -0.05) is 0 Å². The third kappa shape index (κ3) is 1.84. The summed E-state index contributed by atoms with van der Waals surface area (Å²) in [4.78, 5) is 17.7. The van der Waals surface area contributed by atoms with Gasteiger partial charge in [0.25, 0.3) is 0 Å². The molecule has 1 N–H and O–H groups in total. The Labute approximate surface area is 121 Å². The third-order valence-electron chi connectivity index (χ3n) is 6.46. The van der Waals surface area contributed by atoms with Crippen molar-refractivity contribution >= 4 is 5.91 Å². The van der Waals surface area contributed by atoms with Gasteiger partial charge in [0.15, 0.2) is 0 Å². The number of rotatable bonds is 2. The van der Waals surface area contributed by atoms with Gasteiger partial charge < -0.3 is 15.1 Å². The molecule has 3 heterocycles. The van der Waals surface area contributed by atoms with Crippen molar-refractivity contribution in [1.29, 1.82) is 0 Å². The SMILES string of the molecule is CN1CCC2(CC1)CN(CC1CC1)C[C@]21CCNC1=O. The molecule has 112 valence electrons. The third-order valence-corrected chi connectivity index (χ3v) is 6.46. The Bertz CT molecular complexity index is 412. The van der Waals surface area contributed by atoms with Crippen LogP contribution in [0, 0.1) is 16.7 Å². The molecule has 1 atom stereocenters. The van der Waals surface area contributed by atoms with Crippen LogP contribution in [0.5, 0.6) is 0 Å². The molecule has 0 aromatic carbocycles. The van der Waals surface area contributed by atoms with Crippen LogP contribution in [0.2, 0.25) is 0 Å². The molecule has 1 amide bonds. The van der Waals surface area contributed by atoms with E-state index in [1.165, 1.54) is 38.8 Å². The second-order valence-electron chi connectivity index (χ2n) is 7.78. The first-order chi connectivity index (χ1) is 9.64. The predicted molar refractivity (Wildman–Crippen MR) is 78.4 cm³/mol. The van der Waals surface area contributed by atoms with Crippen LogP contribution >= 0.6 is 0 Å². The summed E-state index contributed by atoms with van der Waals surface area (Å²) in [5, 5.41) is 3.15. The van der Waals surface area contributed by atoms with Gasteiger partial charge in [0.1, 0.15) is 0 Å². The Hall–Kier alpha value is -0.610. The van der Waals surface area contributed by atoms with Crippen LogP contribution in [0.3, 0.4) is 0 Å². The van der Waals surface area contributed by atoms with Gasteiger partial charge in [-0.05, 0) is 58.2 Å². The van der Waals surface area contributed by atoms with E-state index in [-0.39, 0.29) is 10.8 Å². The van der Waals surface area contributed by atoms with Crippen LogP contribution in [0.25, 0.3) is 0 Å². The number of amides is 1. The van der Waals surface area contributed by atoms with Gasteiger partial charge in [-0.15, -0.1) is 0 Å². The van der Waals surface area contributed by atoms with E-state index >= 15 is 0 Å². The molecule has 1 saturated carbocycles. The summed E-state index contributed by atoms with van der Waals surface area (Å²) in [6.07, 6.45) is 6.30. The van der Waals surface area contributed by atoms with Crippen LogP contribution in [-0.2, 0) is 4.79 Å². The standard InChI is InChI=1S/C16H27N3O/c1-18-8-5-15(6-9-18)11-19(10-13-2-3-13)12-16(15)4-7-17-14(16)20/h13H,2-12H2,1H3,(H,17,20)/t16-/m0/s1. The maximum Gasteiger partial charge on any atom is 0.228 e. The zero-order valence-corrected chi connectivity index (χ0v) is 12.7. The largest absolute Gasteiger partial charge is 0.356 e. The summed E-state index contributed by atoms with van der Waals surface area (Å²) in [5.74, 6) is 1.29. The predicted octanol–water partition coefficient (Wildman–Crippen LogP) is 0.930. The van der Waals surface area contributed by atoms with Crippen LogP contribution in [0.15, 0.2) is 0 Å². The maximum absolute atomic E-state index is 12.6. The van der Waals surface area contributed by atoms with Crippen molar-refractivity contribution in [3.63, 3.8) is 0 Å². The average molecular weight is 277 g/mol. The zero-order chi connectivity index (χ0) is 13.8. The second kappa shape index (κ2) is 4.44. The van der Waals surface area contributed by atoms with Crippen LogP contribution < -0.4 is 5.32 Å². The van der Waals surface area contributed by atoms with E-state index < -0.39 is 0 Å². The number of nitrogens with one attached hydrogen (secondary N) is 1. The maximum atomic E-state index is 12.6. The molecule has 0 unspecified atom stereocenters. The summed E-state index contributed by atoms with van der Waals surface area (Å²) < 4.78 is 0. The number of likely N-dealkylation sites (tertiary alicyclic amines) is 2. The van der Waals surface area contributed by atoms with Crippen LogP contribution in [0.4, 0.5) is 0 Å². The minimum absolute atomic E-state index is 0.0663. The molecule has 4 fully saturated rings. The summed E-state index contributed by atoms with van der Waals surface area (Å²) in [6, 6.07) is 0. The molecule has 0 radical (unpaired) electrons. The Kier molecular flexibility index (Phi) is 2.90. The number of fused-ring (bicyclic) bond motifs is 1. The first-order valence-electron chi connectivity index (χ1n) is 8.33. The number of hydrogen-bond acceptors (Lipinski definition) is 3. The highest BCUT2D eigenvalue weighted by molar-refractivity contribution is 5.86. The fourth-order valence-electron chi connectivity index (χ4n) is 4.99. The highest BCUT2D eigenvalue weighted by atomic mass is 16.2.